The molecule has 8 N–H and O–H groups in total. The van der Waals surface area contributed by atoms with Crippen LogP contribution in [-0.2, 0) is 0 Å². The summed E-state index contributed by atoms with van der Waals surface area (Å²) in [5.74, 6) is 0.349. The highest BCUT2D eigenvalue weighted by Gasteiger charge is 2.16. The highest BCUT2D eigenvalue weighted by atomic mass is 79.9. The van der Waals surface area contributed by atoms with Crippen LogP contribution in [-0.4, -0.2) is 52.1 Å². The molecule has 16 nitrogen and oxygen atoms in total. The van der Waals surface area contributed by atoms with Crippen LogP contribution in [0, 0.1) is 34.0 Å². The Labute approximate surface area is 470 Å². The van der Waals surface area contributed by atoms with Gasteiger partial charge in [-0.05, 0) is 79.1 Å². The summed E-state index contributed by atoms with van der Waals surface area (Å²) in [4.78, 5) is 28.1. The number of hydrogen-bond donors (Lipinski definition) is 6. The van der Waals surface area contributed by atoms with Crippen molar-refractivity contribution >= 4 is 112 Å². The van der Waals surface area contributed by atoms with Crippen LogP contribution in [0.4, 0.5) is 23.3 Å². The molecule has 2 atom stereocenters. The summed E-state index contributed by atoms with van der Waals surface area (Å²) in [5.41, 5.74) is 20.6. The van der Waals surface area contributed by atoms with E-state index in [2.05, 4.69) is 128 Å². The number of benzene rings is 5. The second kappa shape index (κ2) is 28.9. The minimum Gasteiger partial charge on any atom is -0.423 e. The lowest BCUT2D eigenvalue weighted by atomic mass is 9.83. The van der Waals surface area contributed by atoms with Crippen molar-refractivity contribution < 1.29 is 10.0 Å². The fraction of sp³-hybridized carbons (Fsp3) is 0.123. The molecule has 0 fully saturated rings. The number of fused-ring (bicyclic) bond motifs is 3. The minimum atomic E-state index is -1.53. The van der Waals surface area contributed by atoms with Gasteiger partial charge in [0.25, 0.3) is 0 Å². The average Bonchev–Trinajstić information content (AvgIpc) is 3.42. The zero-order chi connectivity index (χ0) is 52.7. The zero-order valence-corrected chi connectivity index (χ0v) is 43.3. The minimum absolute atomic E-state index is 0. The first-order valence-corrected chi connectivity index (χ1v) is 24.3. The molecule has 5 heterocycles. The maximum Gasteiger partial charge on any atom is 0.491 e. The number of nitrogens with zero attached hydrogens (tertiary/aromatic N) is 10. The molecule has 0 bridgehead atoms. The van der Waals surface area contributed by atoms with Gasteiger partial charge in [-0.1, -0.05) is 132 Å². The van der Waals surface area contributed by atoms with Crippen molar-refractivity contribution in [1.29, 1.82) is 15.8 Å². The molecular weight excluding hydrogens is 1120 g/mol. The Morgan fingerprint density at radius 2 is 0.896 bits per heavy atom. The topological polar surface area (TPSA) is 278 Å². The number of hydrogen-bond acceptors (Lipinski definition) is 16. The lowest BCUT2D eigenvalue weighted by Crippen LogP contribution is -2.30. The first kappa shape index (κ1) is 60.9. The third kappa shape index (κ3) is 15.7. The molecule has 388 valence electrons. The monoisotopic (exact) mass is 1170 g/mol. The van der Waals surface area contributed by atoms with Gasteiger partial charge in [-0.2, -0.15) is 15.8 Å². The molecule has 0 aliphatic carbocycles. The van der Waals surface area contributed by atoms with Crippen LogP contribution in [0.25, 0.3) is 43.8 Å². The first-order valence-electron chi connectivity index (χ1n) is 22.4. The molecule has 10 rings (SSSR count). The Hall–Kier alpha value is -8.61. The van der Waals surface area contributed by atoms with Crippen molar-refractivity contribution in [3.63, 3.8) is 0 Å². The Bertz CT molecular complexity index is 3700. The predicted octanol–water partition coefficient (Wildman–Crippen LogP) is 12.5. The number of anilines is 4. The van der Waals surface area contributed by atoms with Crippen LogP contribution in [0.5, 0.6) is 0 Å². The van der Waals surface area contributed by atoms with Gasteiger partial charge in [0.15, 0.2) is 0 Å². The maximum absolute atomic E-state index is 9.61. The molecule has 0 saturated heterocycles. The van der Waals surface area contributed by atoms with Gasteiger partial charge in [0.2, 0.25) is 11.9 Å². The van der Waals surface area contributed by atoms with Crippen LogP contribution in [0.3, 0.4) is 0 Å². The van der Waals surface area contributed by atoms with Gasteiger partial charge in [0.1, 0.15) is 18.2 Å². The van der Waals surface area contributed by atoms with Crippen LogP contribution < -0.4 is 27.6 Å². The van der Waals surface area contributed by atoms with Crippen LogP contribution in [0.1, 0.15) is 76.0 Å². The highest BCUT2D eigenvalue weighted by Crippen LogP contribution is 2.34. The molecule has 0 saturated carbocycles. The second-order valence-corrected chi connectivity index (χ2v) is 18.3. The van der Waals surface area contributed by atoms with E-state index in [1.54, 1.807) is 24.8 Å². The number of nitriles is 3. The molecule has 5 aromatic carbocycles. The van der Waals surface area contributed by atoms with E-state index in [-0.39, 0.29) is 51.7 Å². The number of nitrogens with two attached hydrogens (primary N) is 2. The van der Waals surface area contributed by atoms with Crippen LogP contribution >= 0.6 is 43.5 Å². The summed E-state index contributed by atoms with van der Waals surface area (Å²) in [5, 5.41) is 54.9. The number of aromatic nitrogens is 7. The van der Waals surface area contributed by atoms with Crippen molar-refractivity contribution in [2.45, 2.75) is 48.2 Å². The number of rotatable bonds is 8. The standard InChI is InChI=1S/C22H18N6.C18H14BrN3.C10H4BrClN2.C4H6BN3O2.3CH4/c1-14(15-5-3-2-4-6-15)28-21-17(10-23)11-25-20-8-7-16(9-19(20)21)18-12-26-22(24)27-13-18;1-12(13-5-3-2-4-6-13)22-18-14(10-20)11-21-17-8-7-15(19)9-16(17)18;11-7-1-2-9-8(3-7)10(12)6(4-13)5-14-9;6-4-7-1-3(2-8-4)5(9)10;;;/h2-9,11-14H,1H3,(H,25,28)(H2,24,26,27);2-9,11-12H,1H3,(H,21,22);1-3,5H;1-2,9-10H,(H2,6,7,8);3*1H4. The number of halogens is 3. The Balaban J connectivity index is 0.000000233. The van der Waals surface area contributed by atoms with Crippen molar-refractivity contribution in [3.8, 4) is 29.3 Å². The second-order valence-electron chi connectivity index (χ2n) is 16.1. The molecule has 2 unspecified atom stereocenters. The van der Waals surface area contributed by atoms with Crippen LogP contribution in [0.15, 0.2) is 168 Å². The Morgan fingerprint density at radius 1 is 0.506 bits per heavy atom. The summed E-state index contributed by atoms with van der Waals surface area (Å²) in [6.45, 7) is 4.15. The number of pyridine rings is 3. The zero-order valence-electron chi connectivity index (χ0n) is 39.4. The van der Waals surface area contributed by atoms with E-state index in [0.717, 1.165) is 69.7 Å². The van der Waals surface area contributed by atoms with E-state index in [9.17, 15) is 10.5 Å². The van der Waals surface area contributed by atoms with Gasteiger partial charge in [-0.25, -0.2) is 19.9 Å². The summed E-state index contributed by atoms with van der Waals surface area (Å²) in [7, 11) is -1.53. The van der Waals surface area contributed by atoms with E-state index in [0.29, 0.717) is 21.7 Å². The van der Waals surface area contributed by atoms with Gasteiger partial charge in [-0.3, -0.25) is 15.0 Å². The normalized spacial score (nSPS) is 10.7. The molecule has 77 heavy (non-hydrogen) atoms. The van der Waals surface area contributed by atoms with Gasteiger partial charge < -0.3 is 32.1 Å². The smallest absolute Gasteiger partial charge is 0.423 e. The fourth-order valence-corrected chi connectivity index (χ4v) is 8.24. The van der Waals surface area contributed by atoms with E-state index in [1.807, 2.05) is 97.1 Å². The molecule has 0 radical (unpaired) electrons. The average molecular weight is 1170 g/mol. The Morgan fingerprint density at radius 3 is 1.34 bits per heavy atom. The van der Waals surface area contributed by atoms with Gasteiger partial charge >= 0.3 is 7.12 Å². The van der Waals surface area contributed by atoms with Gasteiger partial charge in [-0.15, -0.1) is 0 Å². The van der Waals surface area contributed by atoms with E-state index in [1.165, 1.54) is 24.2 Å². The van der Waals surface area contributed by atoms with E-state index in [4.69, 9.17) is 38.4 Å². The Kier molecular flexibility index (Phi) is 22.9. The molecule has 0 spiro atoms. The third-order valence-electron chi connectivity index (χ3n) is 11.1. The predicted molar refractivity (Wildman–Crippen MR) is 319 cm³/mol. The van der Waals surface area contributed by atoms with E-state index >= 15 is 0 Å². The molecule has 10 aromatic rings. The summed E-state index contributed by atoms with van der Waals surface area (Å²) in [6, 6.07) is 44.2. The van der Waals surface area contributed by atoms with Crippen molar-refractivity contribution in [2.24, 2.45) is 0 Å². The van der Waals surface area contributed by atoms with Gasteiger partial charge in [0.05, 0.1) is 49.6 Å². The largest absolute Gasteiger partial charge is 0.491 e. The highest BCUT2D eigenvalue weighted by molar-refractivity contribution is 9.10. The summed E-state index contributed by atoms with van der Waals surface area (Å²) < 4.78 is 1.89. The SMILES string of the molecule is C.C.C.CC(Nc1c(C#N)cnc2ccc(-c3cnc(N)nc3)cc12)c1ccccc1.CC(Nc1c(C#N)cnc2ccc(Br)cc12)c1ccccc1.N#Cc1cnc2ccc(Br)cc2c1Cl.Nc1ncc(B(O)O)cn1. The summed E-state index contributed by atoms with van der Waals surface area (Å²) in [6.07, 6.45) is 10.6. The first-order chi connectivity index (χ1) is 35.8. The maximum atomic E-state index is 9.61. The van der Waals surface area contributed by atoms with Gasteiger partial charge in [0, 0.05) is 91.6 Å². The lowest BCUT2D eigenvalue weighted by Gasteiger charge is -2.18. The molecule has 0 amide bonds. The third-order valence-corrected chi connectivity index (χ3v) is 12.5. The summed E-state index contributed by atoms with van der Waals surface area (Å²) >= 11 is 12.9. The van der Waals surface area contributed by atoms with Crippen molar-refractivity contribution in [3.05, 3.63) is 200 Å². The molecule has 0 aliphatic heterocycles. The molecule has 0 aliphatic rings. The quantitative estimate of drug-likeness (QED) is 0.0771. The van der Waals surface area contributed by atoms with E-state index < -0.39 is 7.12 Å². The lowest BCUT2D eigenvalue weighted by molar-refractivity contribution is 0.425. The van der Waals surface area contributed by atoms with Crippen molar-refractivity contribution in [2.75, 3.05) is 22.1 Å². The molecule has 20 heteroatoms. The van der Waals surface area contributed by atoms with Crippen molar-refractivity contribution in [1.82, 2.24) is 34.9 Å². The number of nitrogens with one attached hydrogen (secondary N) is 2. The fourth-order valence-electron chi connectivity index (χ4n) is 7.28. The number of nitrogen functional groups attached to an aromatic ring is 2. The van der Waals surface area contributed by atoms with Crippen LogP contribution in [0.2, 0.25) is 5.02 Å². The molecule has 5 aromatic heterocycles. The molecular formula is C57H54BBr2ClN14O2.